The van der Waals surface area contributed by atoms with Crippen molar-refractivity contribution in [2.24, 2.45) is 5.92 Å². The summed E-state index contributed by atoms with van der Waals surface area (Å²) in [7, 11) is 1.62. The van der Waals surface area contributed by atoms with Crippen LogP contribution in [0.2, 0.25) is 0 Å². The monoisotopic (exact) mass is 396 g/mol. The van der Waals surface area contributed by atoms with E-state index in [-0.39, 0.29) is 42.4 Å². The summed E-state index contributed by atoms with van der Waals surface area (Å²) in [5.41, 5.74) is 0. The van der Waals surface area contributed by atoms with E-state index in [0.29, 0.717) is 32.7 Å². The van der Waals surface area contributed by atoms with Crippen molar-refractivity contribution in [3.63, 3.8) is 0 Å². The molecule has 0 spiro atoms. The van der Waals surface area contributed by atoms with Crippen LogP contribution in [0.4, 0.5) is 4.79 Å². The molecule has 2 aliphatic heterocycles. The largest absolute Gasteiger partial charge is 0.383 e. The number of ether oxygens (including phenoxy) is 1. The third-order valence-corrected chi connectivity index (χ3v) is 5.62. The van der Waals surface area contributed by atoms with Crippen molar-refractivity contribution in [1.29, 1.82) is 0 Å². The lowest BCUT2D eigenvalue weighted by molar-refractivity contribution is -0.143. The fourth-order valence-corrected chi connectivity index (χ4v) is 4.08. The van der Waals surface area contributed by atoms with Crippen molar-refractivity contribution in [3.05, 3.63) is 0 Å². The molecule has 8 nitrogen and oxygen atoms in total. The maximum atomic E-state index is 13.0. The standard InChI is InChI=1S/C20H36N4O4/c1-6-15(7-2)21-18(25)13-23-12-16-11-22(8-9-28-5)19(26)17(10-14(3)4)24(16)20(23)27/h14-17H,6-13H2,1-5H3,(H,21,25)/t16-,17-/m0/s1. The molecule has 4 amide bonds. The lowest BCUT2D eigenvalue weighted by atomic mass is 9.97. The van der Waals surface area contributed by atoms with Gasteiger partial charge in [-0.1, -0.05) is 27.7 Å². The maximum Gasteiger partial charge on any atom is 0.321 e. The molecule has 2 aliphatic rings. The van der Waals surface area contributed by atoms with Gasteiger partial charge in [-0.2, -0.15) is 0 Å². The van der Waals surface area contributed by atoms with Crippen LogP contribution in [0.5, 0.6) is 0 Å². The van der Waals surface area contributed by atoms with E-state index >= 15 is 0 Å². The number of nitrogens with one attached hydrogen (secondary N) is 1. The molecule has 0 aromatic rings. The van der Waals surface area contributed by atoms with Gasteiger partial charge in [0.05, 0.1) is 12.6 Å². The number of methoxy groups -OCH3 is 1. The van der Waals surface area contributed by atoms with Crippen LogP contribution in [0.15, 0.2) is 0 Å². The number of rotatable bonds is 10. The van der Waals surface area contributed by atoms with Crippen molar-refractivity contribution >= 4 is 17.8 Å². The lowest BCUT2D eigenvalue weighted by Crippen LogP contribution is -2.61. The van der Waals surface area contributed by atoms with Crippen molar-refractivity contribution in [1.82, 2.24) is 20.0 Å². The van der Waals surface area contributed by atoms with Crippen molar-refractivity contribution in [3.8, 4) is 0 Å². The highest BCUT2D eigenvalue weighted by Gasteiger charge is 2.49. The summed E-state index contributed by atoms with van der Waals surface area (Å²) in [6.07, 6.45) is 2.35. The first kappa shape index (κ1) is 22.5. The summed E-state index contributed by atoms with van der Waals surface area (Å²) in [5, 5.41) is 2.99. The Balaban J connectivity index is 2.11. The predicted molar refractivity (Wildman–Crippen MR) is 107 cm³/mol. The third-order valence-electron chi connectivity index (χ3n) is 5.62. The van der Waals surface area contributed by atoms with Gasteiger partial charge in [-0.25, -0.2) is 4.79 Å². The highest BCUT2D eigenvalue weighted by Crippen LogP contribution is 2.29. The van der Waals surface area contributed by atoms with E-state index in [9.17, 15) is 14.4 Å². The summed E-state index contributed by atoms with van der Waals surface area (Å²) >= 11 is 0. The summed E-state index contributed by atoms with van der Waals surface area (Å²) in [5.74, 6) is 0.139. The maximum absolute atomic E-state index is 13.0. The van der Waals surface area contributed by atoms with E-state index in [0.717, 1.165) is 12.8 Å². The number of piperazine rings is 1. The molecule has 2 fully saturated rings. The molecule has 2 saturated heterocycles. The molecule has 0 radical (unpaired) electrons. The number of hydrogen-bond acceptors (Lipinski definition) is 4. The van der Waals surface area contributed by atoms with Crippen LogP contribution < -0.4 is 5.32 Å². The number of amides is 4. The molecule has 1 N–H and O–H groups in total. The molecule has 0 aromatic heterocycles. The van der Waals surface area contributed by atoms with Crippen LogP contribution >= 0.6 is 0 Å². The topological polar surface area (TPSA) is 82.2 Å². The van der Waals surface area contributed by atoms with Gasteiger partial charge in [-0.05, 0) is 25.2 Å². The molecule has 160 valence electrons. The first-order valence-corrected chi connectivity index (χ1v) is 10.5. The van der Waals surface area contributed by atoms with Crippen molar-refractivity contribution in [2.45, 2.75) is 65.1 Å². The lowest BCUT2D eigenvalue weighted by Gasteiger charge is -2.42. The normalized spacial score (nSPS) is 22.5. The zero-order valence-corrected chi connectivity index (χ0v) is 17.9. The molecule has 0 aliphatic carbocycles. The minimum Gasteiger partial charge on any atom is -0.383 e. The first-order chi connectivity index (χ1) is 13.3. The van der Waals surface area contributed by atoms with Crippen molar-refractivity contribution in [2.75, 3.05) is 39.9 Å². The van der Waals surface area contributed by atoms with Gasteiger partial charge in [-0.15, -0.1) is 0 Å². The molecule has 0 bridgehead atoms. The average Bonchev–Trinajstić information content (AvgIpc) is 2.95. The molecule has 28 heavy (non-hydrogen) atoms. The van der Waals surface area contributed by atoms with Crippen LogP contribution in [0.3, 0.4) is 0 Å². The zero-order valence-electron chi connectivity index (χ0n) is 17.9. The Morgan fingerprint density at radius 2 is 1.82 bits per heavy atom. The quantitative estimate of drug-likeness (QED) is 0.603. The summed E-state index contributed by atoms with van der Waals surface area (Å²) in [4.78, 5) is 43.5. The Bertz CT molecular complexity index is 564. The van der Waals surface area contributed by atoms with E-state index < -0.39 is 6.04 Å². The molecule has 2 atom stereocenters. The minimum absolute atomic E-state index is 0.0151. The second-order valence-electron chi connectivity index (χ2n) is 8.23. The second kappa shape index (κ2) is 10.1. The van der Waals surface area contributed by atoms with Gasteiger partial charge in [0.25, 0.3) is 0 Å². The van der Waals surface area contributed by atoms with E-state index in [1.54, 1.807) is 21.8 Å². The van der Waals surface area contributed by atoms with Gasteiger partial charge in [0, 0.05) is 32.8 Å². The predicted octanol–water partition coefficient (Wildman–Crippen LogP) is 1.30. The second-order valence-corrected chi connectivity index (χ2v) is 8.23. The van der Waals surface area contributed by atoms with Gasteiger partial charge in [0.15, 0.2) is 0 Å². The number of urea groups is 1. The van der Waals surface area contributed by atoms with E-state index in [2.05, 4.69) is 19.2 Å². The van der Waals surface area contributed by atoms with Crippen LogP contribution in [0, 0.1) is 5.92 Å². The number of carbonyl (C=O) groups is 3. The Kier molecular flexibility index (Phi) is 8.10. The summed E-state index contributed by atoms with van der Waals surface area (Å²) < 4.78 is 5.14. The average molecular weight is 397 g/mol. The molecular formula is C20H36N4O4. The number of hydrogen-bond donors (Lipinski definition) is 1. The molecule has 2 rings (SSSR count). The Labute approximate surface area is 168 Å². The molecule has 8 heteroatoms. The molecule has 0 unspecified atom stereocenters. The van der Waals surface area contributed by atoms with Gasteiger partial charge in [0.2, 0.25) is 11.8 Å². The van der Waals surface area contributed by atoms with Gasteiger partial charge in [0.1, 0.15) is 12.6 Å². The molecule has 0 saturated carbocycles. The van der Waals surface area contributed by atoms with E-state index in [1.165, 1.54) is 0 Å². The smallest absolute Gasteiger partial charge is 0.321 e. The highest BCUT2D eigenvalue weighted by atomic mass is 16.5. The fraction of sp³-hybridized carbons (Fsp3) is 0.850. The molecular weight excluding hydrogens is 360 g/mol. The van der Waals surface area contributed by atoms with Gasteiger partial charge >= 0.3 is 6.03 Å². The van der Waals surface area contributed by atoms with Gasteiger partial charge in [-0.3, -0.25) is 9.59 Å². The Morgan fingerprint density at radius 3 is 2.39 bits per heavy atom. The third kappa shape index (κ3) is 5.16. The van der Waals surface area contributed by atoms with Crippen LogP contribution in [0.25, 0.3) is 0 Å². The number of fused-ring (bicyclic) bond motifs is 1. The van der Waals surface area contributed by atoms with Crippen LogP contribution in [0.1, 0.15) is 47.0 Å². The summed E-state index contributed by atoms with van der Waals surface area (Å²) in [6, 6.07) is -0.607. The zero-order chi connectivity index (χ0) is 20.8. The molecule has 2 heterocycles. The fourth-order valence-electron chi connectivity index (χ4n) is 4.08. The number of nitrogens with zero attached hydrogens (tertiary/aromatic N) is 3. The number of carbonyl (C=O) groups excluding carboxylic acids is 3. The SMILES string of the molecule is CCC(CC)NC(=O)CN1C[C@@H]2CN(CCOC)C(=O)[C@H](CC(C)C)N2C1=O. The Morgan fingerprint density at radius 1 is 1.18 bits per heavy atom. The van der Waals surface area contributed by atoms with Gasteiger partial charge < -0.3 is 24.8 Å². The summed E-state index contributed by atoms with van der Waals surface area (Å²) in [6.45, 7) is 10.2. The first-order valence-electron chi connectivity index (χ1n) is 10.5. The van der Waals surface area contributed by atoms with E-state index in [1.807, 2.05) is 13.8 Å². The van der Waals surface area contributed by atoms with Crippen LogP contribution in [-0.2, 0) is 14.3 Å². The highest BCUT2D eigenvalue weighted by molar-refractivity contribution is 5.92. The van der Waals surface area contributed by atoms with E-state index in [4.69, 9.17) is 4.74 Å². The van der Waals surface area contributed by atoms with Crippen molar-refractivity contribution < 1.29 is 19.1 Å². The Hall–Kier alpha value is -1.83. The van der Waals surface area contributed by atoms with Crippen LogP contribution in [-0.4, -0.2) is 90.6 Å². The minimum atomic E-state index is -0.463. The molecule has 0 aromatic carbocycles.